The Balaban J connectivity index is 1.53. The molecular formula is C28H27Cl2N7O4. The predicted molar refractivity (Wildman–Crippen MR) is 158 cm³/mol. The average Bonchev–Trinajstić information content (AvgIpc) is 3.34. The van der Waals surface area contributed by atoms with E-state index in [9.17, 15) is 14.4 Å². The molecule has 11 nitrogen and oxygen atoms in total. The summed E-state index contributed by atoms with van der Waals surface area (Å²) in [6, 6.07) is 19.7. The lowest BCUT2D eigenvalue weighted by atomic mass is 10.1. The summed E-state index contributed by atoms with van der Waals surface area (Å²) in [5.41, 5.74) is 3.59. The smallest absolute Gasteiger partial charge is 0.409 e. The van der Waals surface area contributed by atoms with Crippen LogP contribution in [0, 0.1) is 0 Å². The van der Waals surface area contributed by atoms with Crippen LogP contribution in [-0.4, -0.2) is 40.3 Å². The number of nitrogens with zero attached hydrogens (tertiary/aromatic N) is 1. The molecule has 5 amide bonds. The number of amides is 5. The third-order valence-electron chi connectivity index (χ3n) is 5.99. The number of hydrogen-bond donors (Lipinski definition) is 7. The minimum atomic E-state index is -1.17. The Hall–Kier alpha value is -4.74. The number of H-pyrrole nitrogens is 1. The van der Waals surface area contributed by atoms with Crippen molar-refractivity contribution in [3.05, 3.63) is 99.9 Å². The maximum absolute atomic E-state index is 13.1. The molecule has 1 unspecified atom stereocenters. The number of aromatic amines is 1. The number of anilines is 2. The number of halogens is 2. The molecule has 4 rings (SSSR count). The fourth-order valence-electron chi connectivity index (χ4n) is 4.03. The second kappa shape index (κ2) is 13.6. The van der Waals surface area contributed by atoms with Crippen molar-refractivity contribution in [3.63, 3.8) is 0 Å². The van der Waals surface area contributed by atoms with E-state index in [-0.39, 0.29) is 11.7 Å². The summed E-state index contributed by atoms with van der Waals surface area (Å²) in [6.07, 6.45) is -0.750. The molecule has 3 aromatic carbocycles. The van der Waals surface area contributed by atoms with Gasteiger partial charge in [0.1, 0.15) is 16.7 Å². The monoisotopic (exact) mass is 595 g/mol. The van der Waals surface area contributed by atoms with Crippen LogP contribution in [-0.2, 0) is 13.0 Å². The number of benzene rings is 3. The molecule has 7 N–H and O–H groups in total. The minimum absolute atomic E-state index is 0.0880. The van der Waals surface area contributed by atoms with Gasteiger partial charge in [-0.3, -0.25) is 5.32 Å². The molecule has 0 aliphatic rings. The molecule has 0 saturated heterocycles. The largest absolute Gasteiger partial charge is 0.465 e. The van der Waals surface area contributed by atoms with E-state index in [1.54, 1.807) is 42.5 Å². The number of imidazole rings is 1. The standard InChI is InChI=1S/C28H27Cl2N7O4/c1-31-26(38)34-21-12-9-19(29)14-18(21)15-32-27(39)35-22(13-16-5-3-2-4-6-16)25-36-23(24(30)37-25)17-7-10-20(11-8-17)33-28(40)41/h2-12,14,22,33H,13,15H2,1H3,(H,36,37)(H,40,41)(H2,31,34,38)(H2,32,35,39). The maximum Gasteiger partial charge on any atom is 0.409 e. The number of rotatable bonds is 9. The normalized spacial score (nSPS) is 11.3. The first-order chi connectivity index (χ1) is 19.7. The molecule has 0 bridgehead atoms. The third-order valence-corrected chi connectivity index (χ3v) is 6.50. The first-order valence-electron chi connectivity index (χ1n) is 12.4. The summed E-state index contributed by atoms with van der Waals surface area (Å²) < 4.78 is 0. The Morgan fingerprint density at radius 1 is 0.951 bits per heavy atom. The molecule has 0 fully saturated rings. The van der Waals surface area contributed by atoms with Gasteiger partial charge in [0, 0.05) is 35.6 Å². The molecule has 1 atom stereocenters. The van der Waals surface area contributed by atoms with Crippen molar-refractivity contribution < 1.29 is 19.5 Å². The highest BCUT2D eigenvalue weighted by Crippen LogP contribution is 2.29. The Kier molecular flexibility index (Phi) is 9.67. The Bertz CT molecular complexity index is 1530. The number of nitrogens with one attached hydrogen (secondary N) is 6. The van der Waals surface area contributed by atoms with Crippen LogP contribution in [0.3, 0.4) is 0 Å². The number of carbonyl (C=O) groups excluding carboxylic acids is 2. The van der Waals surface area contributed by atoms with Gasteiger partial charge in [-0.15, -0.1) is 0 Å². The van der Waals surface area contributed by atoms with Gasteiger partial charge in [-0.25, -0.2) is 19.4 Å². The highest BCUT2D eigenvalue weighted by Gasteiger charge is 2.22. The third kappa shape index (κ3) is 8.13. The molecule has 0 aliphatic heterocycles. The molecule has 0 radical (unpaired) electrons. The quantitative estimate of drug-likeness (QED) is 0.126. The summed E-state index contributed by atoms with van der Waals surface area (Å²) in [5, 5.41) is 22.9. The van der Waals surface area contributed by atoms with Gasteiger partial charge in [-0.05, 0) is 47.9 Å². The van der Waals surface area contributed by atoms with E-state index in [1.165, 1.54) is 7.05 Å². The molecular weight excluding hydrogens is 569 g/mol. The summed E-state index contributed by atoms with van der Waals surface area (Å²) in [6.45, 7) is 0.0880. The first-order valence-corrected chi connectivity index (χ1v) is 13.2. The van der Waals surface area contributed by atoms with Crippen LogP contribution in [0.25, 0.3) is 11.3 Å². The van der Waals surface area contributed by atoms with Crippen LogP contribution in [0.5, 0.6) is 0 Å². The number of hydrogen-bond acceptors (Lipinski definition) is 4. The first kappa shape index (κ1) is 29.2. The SMILES string of the molecule is CNC(=O)Nc1ccc(Cl)cc1CNC(=O)NC(Cc1ccccc1)c1nc(-c2ccc(NC(=O)O)cc2)c(Cl)[nH]1. The Labute approximate surface area is 245 Å². The van der Waals surface area contributed by atoms with E-state index in [2.05, 4.69) is 36.6 Å². The molecule has 1 aromatic heterocycles. The average molecular weight is 596 g/mol. The van der Waals surface area contributed by atoms with E-state index < -0.39 is 24.2 Å². The lowest BCUT2D eigenvalue weighted by molar-refractivity contribution is 0.209. The van der Waals surface area contributed by atoms with Crippen molar-refractivity contribution in [2.24, 2.45) is 0 Å². The number of aromatic nitrogens is 2. The second-order valence-electron chi connectivity index (χ2n) is 8.87. The van der Waals surface area contributed by atoms with Crippen LogP contribution >= 0.6 is 23.2 Å². The van der Waals surface area contributed by atoms with Crippen molar-refractivity contribution in [2.45, 2.75) is 19.0 Å². The fourth-order valence-corrected chi connectivity index (χ4v) is 4.47. The highest BCUT2D eigenvalue weighted by atomic mass is 35.5. The molecule has 0 saturated carbocycles. The number of urea groups is 2. The van der Waals surface area contributed by atoms with E-state index >= 15 is 0 Å². The van der Waals surface area contributed by atoms with Crippen LogP contribution < -0.4 is 26.6 Å². The summed E-state index contributed by atoms with van der Waals surface area (Å²) >= 11 is 12.7. The summed E-state index contributed by atoms with van der Waals surface area (Å²) in [7, 11) is 1.50. The molecule has 4 aromatic rings. The molecule has 41 heavy (non-hydrogen) atoms. The molecule has 212 valence electrons. The van der Waals surface area contributed by atoms with Gasteiger partial charge in [-0.2, -0.15) is 0 Å². The van der Waals surface area contributed by atoms with Gasteiger partial charge in [0.05, 0.1) is 6.04 Å². The zero-order valence-electron chi connectivity index (χ0n) is 21.8. The Morgan fingerprint density at radius 3 is 2.37 bits per heavy atom. The fraction of sp³-hybridized carbons (Fsp3) is 0.143. The van der Waals surface area contributed by atoms with Crippen molar-refractivity contribution in [1.29, 1.82) is 0 Å². The van der Waals surface area contributed by atoms with Gasteiger partial charge in [0.15, 0.2) is 0 Å². The van der Waals surface area contributed by atoms with Gasteiger partial charge in [0.25, 0.3) is 0 Å². The van der Waals surface area contributed by atoms with Crippen LogP contribution in [0.1, 0.15) is 23.0 Å². The topological polar surface area (TPSA) is 160 Å². The van der Waals surface area contributed by atoms with Crippen LogP contribution in [0.2, 0.25) is 10.2 Å². The lowest BCUT2D eigenvalue weighted by Gasteiger charge is -2.18. The van der Waals surface area contributed by atoms with Gasteiger partial charge < -0.3 is 31.4 Å². The summed E-state index contributed by atoms with van der Waals surface area (Å²) in [4.78, 5) is 43.5. The van der Waals surface area contributed by atoms with Gasteiger partial charge in [0.2, 0.25) is 0 Å². The highest BCUT2D eigenvalue weighted by molar-refractivity contribution is 6.32. The van der Waals surface area contributed by atoms with Gasteiger partial charge in [-0.1, -0.05) is 65.7 Å². The summed E-state index contributed by atoms with van der Waals surface area (Å²) in [5.74, 6) is 0.432. The predicted octanol–water partition coefficient (Wildman–Crippen LogP) is 6.01. The van der Waals surface area contributed by atoms with Crippen molar-refractivity contribution in [3.8, 4) is 11.3 Å². The van der Waals surface area contributed by atoms with E-state index in [4.69, 9.17) is 28.3 Å². The van der Waals surface area contributed by atoms with Crippen LogP contribution in [0.15, 0.2) is 72.8 Å². The van der Waals surface area contributed by atoms with E-state index in [1.807, 2.05) is 30.3 Å². The lowest BCUT2D eigenvalue weighted by Crippen LogP contribution is -2.39. The van der Waals surface area contributed by atoms with Crippen molar-refractivity contribution in [1.82, 2.24) is 25.9 Å². The molecule has 0 aliphatic carbocycles. The van der Waals surface area contributed by atoms with E-state index in [0.717, 1.165) is 5.56 Å². The number of carbonyl (C=O) groups is 3. The zero-order valence-corrected chi connectivity index (χ0v) is 23.3. The van der Waals surface area contributed by atoms with Crippen LogP contribution in [0.4, 0.5) is 25.8 Å². The Morgan fingerprint density at radius 2 is 1.68 bits per heavy atom. The zero-order chi connectivity index (χ0) is 29.4. The van der Waals surface area contributed by atoms with Crippen molar-refractivity contribution in [2.75, 3.05) is 17.7 Å². The van der Waals surface area contributed by atoms with Gasteiger partial charge >= 0.3 is 18.2 Å². The number of carboxylic acid groups (broad SMARTS) is 1. The molecule has 0 spiro atoms. The maximum atomic E-state index is 13.1. The minimum Gasteiger partial charge on any atom is -0.465 e. The van der Waals surface area contributed by atoms with E-state index in [0.29, 0.717) is 45.5 Å². The molecule has 1 heterocycles. The molecule has 13 heteroatoms. The second-order valence-corrected chi connectivity index (χ2v) is 9.68. The van der Waals surface area contributed by atoms with Crippen molar-refractivity contribution >= 4 is 52.7 Å².